The van der Waals surface area contributed by atoms with Gasteiger partial charge >= 0.3 is 11.9 Å². The third-order valence-electron chi connectivity index (χ3n) is 3.25. The summed E-state index contributed by atoms with van der Waals surface area (Å²) in [5, 5.41) is 0. The van der Waals surface area contributed by atoms with Crippen LogP contribution in [0.5, 0.6) is 11.5 Å². The standard InChI is InChI=1S/C18H14Br2F2O4/c19-13-9-11(21)5-7-15(13)25-17(23)3-1-2-4-18(24)26-16-8-6-12(22)10-14(16)20/h5-10H,1-4H2. The second kappa shape index (κ2) is 9.78. The van der Waals surface area contributed by atoms with E-state index < -0.39 is 23.6 Å². The van der Waals surface area contributed by atoms with E-state index in [1.54, 1.807) is 0 Å². The fraction of sp³-hybridized carbons (Fsp3) is 0.222. The Morgan fingerprint density at radius 3 is 1.50 bits per heavy atom. The summed E-state index contributed by atoms with van der Waals surface area (Å²) in [6.45, 7) is 0. The summed E-state index contributed by atoms with van der Waals surface area (Å²) in [7, 11) is 0. The predicted molar refractivity (Wildman–Crippen MR) is 97.9 cm³/mol. The van der Waals surface area contributed by atoms with E-state index in [0.29, 0.717) is 21.8 Å². The van der Waals surface area contributed by atoms with Gasteiger partial charge in [-0.25, -0.2) is 8.78 Å². The molecule has 0 aliphatic heterocycles. The summed E-state index contributed by atoms with van der Waals surface area (Å²) in [4.78, 5) is 23.5. The van der Waals surface area contributed by atoms with Crippen LogP contribution in [-0.4, -0.2) is 11.9 Å². The zero-order chi connectivity index (χ0) is 19.1. The van der Waals surface area contributed by atoms with Gasteiger partial charge in [-0.05, 0) is 81.1 Å². The summed E-state index contributed by atoms with van der Waals surface area (Å²) in [5.41, 5.74) is 0. The molecule has 0 aliphatic rings. The molecule has 26 heavy (non-hydrogen) atoms. The minimum atomic E-state index is -0.480. The lowest BCUT2D eigenvalue weighted by molar-refractivity contribution is -0.136. The van der Waals surface area contributed by atoms with E-state index in [1.807, 2.05) is 0 Å². The first-order chi connectivity index (χ1) is 12.3. The maximum Gasteiger partial charge on any atom is 0.311 e. The highest BCUT2D eigenvalue weighted by atomic mass is 79.9. The largest absolute Gasteiger partial charge is 0.425 e. The molecule has 2 aromatic carbocycles. The molecule has 0 aliphatic carbocycles. The van der Waals surface area contributed by atoms with E-state index in [9.17, 15) is 18.4 Å². The second-order valence-corrected chi connectivity index (χ2v) is 7.01. The Kier molecular flexibility index (Phi) is 7.71. The second-order valence-electron chi connectivity index (χ2n) is 5.30. The number of unbranched alkanes of at least 4 members (excludes halogenated alkanes) is 1. The number of halogens is 4. The van der Waals surface area contributed by atoms with E-state index in [1.165, 1.54) is 36.4 Å². The molecule has 0 heterocycles. The van der Waals surface area contributed by atoms with Crippen LogP contribution in [0.3, 0.4) is 0 Å². The van der Waals surface area contributed by atoms with Crippen LogP contribution in [0.1, 0.15) is 25.7 Å². The highest BCUT2D eigenvalue weighted by Crippen LogP contribution is 2.27. The minimum Gasteiger partial charge on any atom is -0.425 e. The normalized spacial score (nSPS) is 10.5. The zero-order valence-electron chi connectivity index (χ0n) is 13.4. The summed E-state index contributed by atoms with van der Waals surface area (Å²) < 4.78 is 36.9. The number of hydrogen-bond acceptors (Lipinski definition) is 4. The molecule has 0 radical (unpaired) electrons. The van der Waals surface area contributed by atoms with Crippen molar-refractivity contribution < 1.29 is 27.8 Å². The molecule has 0 bridgehead atoms. The van der Waals surface area contributed by atoms with Crippen LogP contribution >= 0.6 is 31.9 Å². The number of carbonyl (C=O) groups excluding carboxylic acids is 2. The smallest absolute Gasteiger partial charge is 0.311 e. The van der Waals surface area contributed by atoms with Crippen molar-refractivity contribution in [1.29, 1.82) is 0 Å². The SMILES string of the molecule is O=C(CCCCC(=O)Oc1ccc(F)cc1Br)Oc1ccc(F)cc1Br. The fourth-order valence-electron chi connectivity index (χ4n) is 2.00. The van der Waals surface area contributed by atoms with Crippen LogP contribution in [0.2, 0.25) is 0 Å². The molecule has 138 valence electrons. The summed E-state index contributed by atoms with van der Waals surface area (Å²) >= 11 is 6.23. The number of hydrogen-bond donors (Lipinski definition) is 0. The van der Waals surface area contributed by atoms with Crippen molar-refractivity contribution in [3.05, 3.63) is 57.0 Å². The Morgan fingerprint density at radius 1 is 0.769 bits per heavy atom. The Balaban J connectivity index is 1.70. The van der Waals surface area contributed by atoms with Gasteiger partial charge < -0.3 is 9.47 Å². The molecule has 0 N–H and O–H groups in total. The maximum atomic E-state index is 13.0. The van der Waals surface area contributed by atoms with Crippen LogP contribution in [0.4, 0.5) is 8.78 Å². The number of ether oxygens (including phenoxy) is 2. The third kappa shape index (κ3) is 6.49. The molecular formula is C18H14Br2F2O4. The van der Waals surface area contributed by atoms with E-state index in [0.717, 1.165) is 0 Å². The van der Waals surface area contributed by atoms with Gasteiger partial charge in [0.15, 0.2) is 0 Å². The van der Waals surface area contributed by atoms with Crippen LogP contribution in [0.25, 0.3) is 0 Å². The molecule has 0 unspecified atom stereocenters. The molecule has 0 spiro atoms. The highest BCUT2D eigenvalue weighted by molar-refractivity contribution is 9.10. The summed E-state index contributed by atoms with van der Waals surface area (Å²) in [6, 6.07) is 7.50. The first-order valence-electron chi connectivity index (χ1n) is 7.66. The van der Waals surface area contributed by atoms with Gasteiger partial charge in [0.05, 0.1) is 8.95 Å². The average Bonchev–Trinajstić information content (AvgIpc) is 2.57. The van der Waals surface area contributed by atoms with E-state index in [2.05, 4.69) is 31.9 Å². The number of benzene rings is 2. The molecule has 2 rings (SSSR count). The number of carbonyl (C=O) groups is 2. The van der Waals surface area contributed by atoms with Crippen molar-refractivity contribution in [2.75, 3.05) is 0 Å². The van der Waals surface area contributed by atoms with Gasteiger partial charge in [0.1, 0.15) is 23.1 Å². The van der Waals surface area contributed by atoms with Crippen LogP contribution < -0.4 is 9.47 Å². The zero-order valence-corrected chi connectivity index (χ0v) is 16.6. The van der Waals surface area contributed by atoms with E-state index >= 15 is 0 Å². The average molecular weight is 492 g/mol. The van der Waals surface area contributed by atoms with E-state index in [4.69, 9.17) is 9.47 Å². The molecule has 2 aromatic rings. The maximum absolute atomic E-state index is 13.0. The van der Waals surface area contributed by atoms with Crippen molar-refractivity contribution in [1.82, 2.24) is 0 Å². The van der Waals surface area contributed by atoms with Gasteiger partial charge in [-0.15, -0.1) is 0 Å². The van der Waals surface area contributed by atoms with Crippen molar-refractivity contribution in [2.45, 2.75) is 25.7 Å². The van der Waals surface area contributed by atoms with Gasteiger partial charge in [0, 0.05) is 12.8 Å². The van der Waals surface area contributed by atoms with Crippen LogP contribution in [0.15, 0.2) is 45.3 Å². The predicted octanol–water partition coefficient (Wildman–Crippen LogP) is 5.56. The van der Waals surface area contributed by atoms with Gasteiger partial charge in [-0.1, -0.05) is 0 Å². The highest BCUT2D eigenvalue weighted by Gasteiger charge is 2.11. The van der Waals surface area contributed by atoms with Gasteiger partial charge in [-0.3, -0.25) is 9.59 Å². The number of rotatable bonds is 7. The van der Waals surface area contributed by atoms with Crippen molar-refractivity contribution in [3.8, 4) is 11.5 Å². The molecule has 8 heteroatoms. The van der Waals surface area contributed by atoms with Gasteiger partial charge in [0.2, 0.25) is 0 Å². The monoisotopic (exact) mass is 490 g/mol. The Morgan fingerprint density at radius 2 is 1.15 bits per heavy atom. The molecule has 0 aromatic heterocycles. The molecule has 0 saturated carbocycles. The Labute approximate surface area is 165 Å². The number of esters is 2. The first-order valence-corrected chi connectivity index (χ1v) is 9.25. The molecule has 0 amide bonds. The van der Waals surface area contributed by atoms with Crippen LogP contribution in [-0.2, 0) is 9.59 Å². The van der Waals surface area contributed by atoms with Crippen LogP contribution in [0, 0.1) is 11.6 Å². The Bertz CT molecular complexity index is 744. The minimum absolute atomic E-state index is 0.108. The van der Waals surface area contributed by atoms with Crippen molar-refractivity contribution >= 4 is 43.8 Å². The molecule has 0 saturated heterocycles. The van der Waals surface area contributed by atoms with Gasteiger partial charge in [0.25, 0.3) is 0 Å². The lowest BCUT2D eigenvalue weighted by atomic mass is 10.2. The molecule has 0 atom stereocenters. The molecular weight excluding hydrogens is 478 g/mol. The van der Waals surface area contributed by atoms with Crippen molar-refractivity contribution in [2.24, 2.45) is 0 Å². The summed E-state index contributed by atoms with van der Waals surface area (Å²) in [6.07, 6.45) is 1.07. The third-order valence-corrected chi connectivity index (χ3v) is 4.49. The Hall–Kier alpha value is -1.80. The summed E-state index contributed by atoms with van der Waals surface area (Å²) in [5.74, 6) is -1.38. The fourth-order valence-corrected chi connectivity index (χ4v) is 2.87. The quantitative estimate of drug-likeness (QED) is 0.289. The van der Waals surface area contributed by atoms with E-state index in [-0.39, 0.29) is 24.3 Å². The molecule has 0 fully saturated rings. The molecule has 4 nitrogen and oxygen atoms in total. The van der Waals surface area contributed by atoms with Gasteiger partial charge in [-0.2, -0.15) is 0 Å². The lowest BCUT2D eigenvalue weighted by Gasteiger charge is -2.07. The first kappa shape index (κ1) is 20.5. The lowest BCUT2D eigenvalue weighted by Crippen LogP contribution is -2.10. The topological polar surface area (TPSA) is 52.6 Å². The van der Waals surface area contributed by atoms with Crippen molar-refractivity contribution in [3.63, 3.8) is 0 Å².